The number of imidazole rings is 1. The number of nitrogens with one attached hydrogen (secondary N) is 1. The highest BCUT2D eigenvalue weighted by atomic mass is 35.5. The van der Waals surface area contributed by atoms with E-state index in [1.54, 1.807) is 23.2 Å². The monoisotopic (exact) mass is 396 g/mol. The zero-order valence-corrected chi connectivity index (χ0v) is 15.8. The summed E-state index contributed by atoms with van der Waals surface area (Å²) < 4.78 is 1.80. The molecule has 0 radical (unpaired) electrons. The maximum Gasteiger partial charge on any atom is 0.226 e. The first kappa shape index (κ1) is 17.5. The van der Waals surface area contributed by atoms with E-state index in [1.165, 1.54) is 0 Å². The Hall–Kier alpha value is -2.96. The van der Waals surface area contributed by atoms with Crippen molar-refractivity contribution >= 4 is 46.4 Å². The highest BCUT2D eigenvalue weighted by Crippen LogP contribution is 2.24. The lowest BCUT2D eigenvalue weighted by Gasteiger charge is -2.05. The lowest BCUT2D eigenvalue weighted by molar-refractivity contribution is 1.06. The van der Waals surface area contributed by atoms with E-state index < -0.39 is 0 Å². The number of halogens is 2. The Morgan fingerprint density at radius 3 is 2.74 bits per heavy atom. The summed E-state index contributed by atoms with van der Waals surface area (Å²) in [5, 5.41) is 4.96. The molecule has 0 bridgehead atoms. The van der Waals surface area contributed by atoms with Gasteiger partial charge in [0.05, 0.1) is 11.9 Å². The molecular formula is C19H14Cl2N6. The molecule has 2 aromatic heterocycles. The van der Waals surface area contributed by atoms with E-state index in [0.29, 0.717) is 22.0 Å². The predicted octanol–water partition coefficient (Wildman–Crippen LogP) is 4.88. The molecule has 0 fully saturated rings. The molecule has 0 amide bonds. The van der Waals surface area contributed by atoms with Crippen molar-refractivity contribution in [2.75, 3.05) is 5.43 Å². The number of aromatic nitrogens is 4. The van der Waals surface area contributed by atoms with Gasteiger partial charge < -0.3 is 0 Å². The Bertz CT molecular complexity index is 1150. The Balaban J connectivity index is 1.70. The van der Waals surface area contributed by atoms with Crippen LogP contribution in [0, 0.1) is 6.92 Å². The molecule has 0 atom stereocenters. The molecule has 2 aromatic carbocycles. The van der Waals surface area contributed by atoms with Crippen LogP contribution in [0.25, 0.3) is 16.9 Å². The van der Waals surface area contributed by atoms with Gasteiger partial charge in [0, 0.05) is 5.02 Å². The number of anilines is 1. The van der Waals surface area contributed by atoms with Crippen molar-refractivity contribution < 1.29 is 0 Å². The zero-order chi connectivity index (χ0) is 18.8. The van der Waals surface area contributed by atoms with E-state index >= 15 is 0 Å². The third-order valence-electron chi connectivity index (χ3n) is 3.88. The van der Waals surface area contributed by atoms with Crippen molar-refractivity contribution in [1.29, 1.82) is 0 Å². The molecule has 0 spiro atoms. The van der Waals surface area contributed by atoms with Gasteiger partial charge >= 0.3 is 0 Å². The SMILES string of the molecule is Cc1cccc(/C=N/Nc2nc(Cl)nc3c2ncn3-c2cccc(Cl)c2)c1. The van der Waals surface area contributed by atoms with Crippen LogP contribution in [0.15, 0.2) is 60.0 Å². The third kappa shape index (κ3) is 3.77. The molecule has 8 heteroatoms. The molecule has 0 saturated carbocycles. The Morgan fingerprint density at radius 2 is 1.93 bits per heavy atom. The van der Waals surface area contributed by atoms with Gasteiger partial charge in [-0.15, -0.1) is 0 Å². The zero-order valence-electron chi connectivity index (χ0n) is 14.3. The van der Waals surface area contributed by atoms with Gasteiger partial charge in [-0.05, 0) is 42.3 Å². The highest BCUT2D eigenvalue weighted by molar-refractivity contribution is 6.30. The molecule has 0 unspecified atom stereocenters. The quantitative estimate of drug-likeness (QED) is 0.303. The van der Waals surface area contributed by atoms with Crippen LogP contribution in [0.3, 0.4) is 0 Å². The normalized spacial score (nSPS) is 11.4. The maximum atomic E-state index is 6.11. The molecule has 134 valence electrons. The number of rotatable bonds is 4. The largest absolute Gasteiger partial charge is 0.283 e. The number of aryl methyl sites for hydroxylation is 1. The Labute approximate surface area is 165 Å². The molecule has 0 aliphatic heterocycles. The molecule has 0 saturated heterocycles. The van der Waals surface area contributed by atoms with Gasteiger partial charge in [0.2, 0.25) is 5.28 Å². The summed E-state index contributed by atoms with van der Waals surface area (Å²) >= 11 is 12.2. The van der Waals surface area contributed by atoms with E-state index in [0.717, 1.165) is 16.8 Å². The van der Waals surface area contributed by atoms with Crippen molar-refractivity contribution in [2.24, 2.45) is 5.10 Å². The van der Waals surface area contributed by atoms with Crippen molar-refractivity contribution in [3.63, 3.8) is 0 Å². The molecule has 0 aliphatic carbocycles. The van der Waals surface area contributed by atoms with Crippen molar-refractivity contribution in [3.05, 3.63) is 76.3 Å². The van der Waals surface area contributed by atoms with Crippen molar-refractivity contribution in [1.82, 2.24) is 19.5 Å². The second-order valence-corrected chi connectivity index (χ2v) is 6.67. The molecule has 4 rings (SSSR count). The maximum absolute atomic E-state index is 6.11. The first-order valence-electron chi connectivity index (χ1n) is 8.12. The molecule has 6 nitrogen and oxygen atoms in total. The molecule has 2 heterocycles. The van der Waals surface area contributed by atoms with Crippen LogP contribution in [-0.2, 0) is 0 Å². The van der Waals surface area contributed by atoms with Crippen LogP contribution in [0.2, 0.25) is 10.3 Å². The van der Waals surface area contributed by atoms with Gasteiger partial charge in [0.1, 0.15) is 6.33 Å². The topological polar surface area (TPSA) is 68.0 Å². The van der Waals surface area contributed by atoms with Crippen LogP contribution in [0.4, 0.5) is 5.82 Å². The lowest BCUT2D eigenvalue weighted by Crippen LogP contribution is -1.99. The average molecular weight is 397 g/mol. The molecule has 4 aromatic rings. The predicted molar refractivity (Wildman–Crippen MR) is 109 cm³/mol. The summed E-state index contributed by atoms with van der Waals surface area (Å²) in [7, 11) is 0. The van der Waals surface area contributed by atoms with E-state index in [4.69, 9.17) is 23.2 Å². The molecule has 0 aliphatic rings. The van der Waals surface area contributed by atoms with Crippen LogP contribution < -0.4 is 5.43 Å². The molecular weight excluding hydrogens is 383 g/mol. The fourth-order valence-corrected chi connectivity index (χ4v) is 3.03. The van der Waals surface area contributed by atoms with Crippen LogP contribution in [0.5, 0.6) is 0 Å². The fourth-order valence-electron chi connectivity index (χ4n) is 2.68. The lowest BCUT2D eigenvalue weighted by atomic mass is 10.2. The van der Waals surface area contributed by atoms with Gasteiger partial charge in [0.25, 0.3) is 0 Å². The first-order valence-corrected chi connectivity index (χ1v) is 8.88. The van der Waals surface area contributed by atoms with Gasteiger partial charge in [-0.2, -0.15) is 15.1 Å². The van der Waals surface area contributed by atoms with Crippen molar-refractivity contribution in [3.8, 4) is 5.69 Å². The van der Waals surface area contributed by atoms with Gasteiger partial charge in [0.15, 0.2) is 17.0 Å². The first-order chi connectivity index (χ1) is 13.1. The minimum absolute atomic E-state index is 0.0968. The summed E-state index contributed by atoms with van der Waals surface area (Å²) in [5.41, 5.74) is 6.98. The number of hydrogen-bond donors (Lipinski definition) is 1. The van der Waals surface area contributed by atoms with Gasteiger partial charge in [-0.3, -0.25) is 9.99 Å². The average Bonchev–Trinajstić information content (AvgIpc) is 3.05. The summed E-state index contributed by atoms with van der Waals surface area (Å²) in [5.74, 6) is 0.426. The summed E-state index contributed by atoms with van der Waals surface area (Å²) in [6, 6.07) is 15.4. The number of hydrogen-bond acceptors (Lipinski definition) is 5. The number of hydrazone groups is 1. The minimum atomic E-state index is 0.0968. The van der Waals surface area contributed by atoms with Crippen LogP contribution in [-0.4, -0.2) is 25.7 Å². The van der Waals surface area contributed by atoms with E-state index in [9.17, 15) is 0 Å². The molecule has 1 N–H and O–H groups in total. The van der Waals surface area contributed by atoms with E-state index in [2.05, 4.69) is 25.5 Å². The summed E-state index contributed by atoms with van der Waals surface area (Å²) in [6.07, 6.45) is 3.36. The Kier molecular flexibility index (Phi) is 4.75. The van der Waals surface area contributed by atoms with E-state index in [1.807, 2.05) is 49.4 Å². The standard InChI is InChI=1S/C19H14Cl2N6/c1-12-4-2-5-13(8-12)10-23-26-17-16-18(25-19(21)24-17)27(11-22-16)15-7-3-6-14(20)9-15/h2-11H,1H3,(H,24,25,26)/b23-10+. The number of fused-ring (bicyclic) bond motifs is 1. The van der Waals surface area contributed by atoms with Crippen molar-refractivity contribution in [2.45, 2.75) is 6.92 Å². The highest BCUT2D eigenvalue weighted by Gasteiger charge is 2.13. The fraction of sp³-hybridized carbons (Fsp3) is 0.0526. The van der Waals surface area contributed by atoms with Crippen LogP contribution >= 0.6 is 23.2 Å². The smallest absolute Gasteiger partial charge is 0.226 e. The number of benzene rings is 2. The van der Waals surface area contributed by atoms with Crippen LogP contribution in [0.1, 0.15) is 11.1 Å². The summed E-state index contributed by atoms with van der Waals surface area (Å²) in [4.78, 5) is 12.9. The van der Waals surface area contributed by atoms with Gasteiger partial charge in [-0.25, -0.2) is 4.98 Å². The third-order valence-corrected chi connectivity index (χ3v) is 4.29. The van der Waals surface area contributed by atoms with Gasteiger partial charge in [-0.1, -0.05) is 47.5 Å². The number of nitrogens with zero attached hydrogens (tertiary/aromatic N) is 5. The Morgan fingerprint density at radius 1 is 1.07 bits per heavy atom. The minimum Gasteiger partial charge on any atom is -0.283 e. The molecule has 27 heavy (non-hydrogen) atoms. The second-order valence-electron chi connectivity index (χ2n) is 5.89. The summed E-state index contributed by atoms with van der Waals surface area (Å²) in [6.45, 7) is 2.03. The second kappa shape index (κ2) is 7.34. The van der Waals surface area contributed by atoms with E-state index in [-0.39, 0.29) is 5.28 Å².